The molecule has 1 unspecified atom stereocenters. The maximum atomic E-state index is 12.3. The second-order valence-electron chi connectivity index (χ2n) is 11.9. The molecule has 2 aromatic carbocycles. The van der Waals surface area contributed by atoms with Crippen LogP contribution >= 0.6 is 0 Å². The highest BCUT2D eigenvalue weighted by atomic mass is 16.5. The summed E-state index contributed by atoms with van der Waals surface area (Å²) in [6, 6.07) is 16.7. The summed E-state index contributed by atoms with van der Waals surface area (Å²) in [5.74, 6) is 0.853. The quantitative estimate of drug-likeness (QED) is 0.0888. The molecule has 0 aliphatic heterocycles. The Morgan fingerprint density at radius 1 is 0.561 bits per heavy atom. The molecule has 0 saturated heterocycles. The number of ether oxygens (including phenoxy) is 2. The monoisotopic (exact) mass is 564 g/mol. The predicted octanol–water partition coefficient (Wildman–Crippen LogP) is 12.2. The van der Waals surface area contributed by atoms with Crippen molar-refractivity contribution in [1.82, 2.24) is 0 Å². The van der Waals surface area contributed by atoms with Gasteiger partial charge in [-0.05, 0) is 48.6 Å². The van der Waals surface area contributed by atoms with Gasteiger partial charge in [-0.1, -0.05) is 159 Å². The fraction of sp³-hybridized carbons (Fsp3) is 0.658. The molecular formula is C38H60O3. The largest absolute Gasteiger partial charge is 0.494 e. The Balaban J connectivity index is 1.58. The van der Waals surface area contributed by atoms with Crippen LogP contribution in [0.3, 0.4) is 0 Å². The van der Waals surface area contributed by atoms with Crippen LogP contribution < -0.4 is 4.74 Å². The summed E-state index contributed by atoms with van der Waals surface area (Å²) in [4.78, 5) is 12.3. The topological polar surface area (TPSA) is 35.5 Å². The Hall–Kier alpha value is -2.29. The Labute approximate surface area is 252 Å². The van der Waals surface area contributed by atoms with Gasteiger partial charge in [0.1, 0.15) is 11.9 Å². The zero-order valence-corrected chi connectivity index (χ0v) is 26.8. The molecular weight excluding hydrogens is 504 g/mol. The third kappa shape index (κ3) is 16.7. The van der Waals surface area contributed by atoms with E-state index in [0.717, 1.165) is 48.3 Å². The fourth-order valence-corrected chi connectivity index (χ4v) is 5.37. The van der Waals surface area contributed by atoms with Crippen LogP contribution in [-0.2, 0) is 9.53 Å². The molecule has 0 saturated carbocycles. The molecule has 2 rings (SSSR count). The van der Waals surface area contributed by atoms with Crippen molar-refractivity contribution in [3.05, 3.63) is 54.1 Å². The molecule has 3 heteroatoms. The standard InChI is InChI=1S/C38H60O3/c1-4-6-8-10-12-14-15-16-18-20-22-32-40-37-30-28-36(29-31-37)35-26-24-34(25-27-35)33(3)41-38(39)23-21-19-17-13-11-9-7-5-2/h24-31,33H,4-23,32H2,1-3H3. The van der Waals surface area contributed by atoms with E-state index in [2.05, 4.69) is 62.4 Å². The zero-order valence-electron chi connectivity index (χ0n) is 26.8. The second kappa shape index (κ2) is 23.3. The van der Waals surface area contributed by atoms with Crippen molar-refractivity contribution in [3.63, 3.8) is 0 Å². The molecule has 0 bridgehead atoms. The number of rotatable bonds is 25. The van der Waals surface area contributed by atoms with Crippen LogP contribution in [0.25, 0.3) is 11.1 Å². The average molecular weight is 565 g/mol. The Bertz CT molecular complexity index is 887. The fourth-order valence-electron chi connectivity index (χ4n) is 5.37. The molecule has 3 nitrogen and oxygen atoms in total. The highest BCUT2D eigenvalue weighted by Crippen LogP contribution is 2.26. The van der Waals surface area contributed by atoms with Gasteiger partial charge >= 0.3 is 5.97 Å². The highest BCUT2D eigenvalue weighted by molar-refractivity contribution is 5.70. The van der Waals surface area contributed by atoms with Gasteiger partial charge in [0.25, 0.3) is 0 Å². The van der Waals surface area contributed by atoms with Crippen molar-refractivity contribution < 1.29 is 14.3 Å². The van der Waals surface area contributed by atoms with Crippen molar-refractivity contribution in [2.45, 2.75) is 155 Å². The van der Waals surface area contributed by atoms with E-state index in [0.29, 0.717) is 6.42 Å². The number of benzene rings is 2. The van der Waals surface area contributed by atoms with E-state index in [1.165, 1.54) is 103 Å². The lowest BCUT2D eigenvalue weighted by Gasteiger charge is -2.14. The molecule has 0 fully saturated rings. The van der Waals surface area contributed by atoms with E-state index >= 15 is 0 Å². The van der Waals surface area contributed by atoms with E-state index in [-0.39, 0.29) is 12.1 Å². The van der Waals surface area contributed by atoms with Gasteiger partial charge in [-0.15, -0.1) is 0 Å². The third-order valence-electron chi connectivity index (χ3n) is 8.13. The molecule has 0 heterocycles. The van der Waals surface area contributed by atoms with Crippen LogP contribution in [0, 0.1) is 0 Å². The first-order valence-corrected chi connectivity index (χ1v) is 17.2. The van der Waals surface area contributed by atoms with Crippen molar-refractivity contribution >= 4 is 5.97 Å². The highest BCUT2D eigenvalue weighted by Gasteiger charge is 2.12. The van der Waals surface area contributed by atoms with Gasteiger partial charge in [-0.2, -0.15) is 0 Å². The molecule has 230 valence electrons. The molecule has 2 aromatic rings. The Kier molecular flexibility index (Phi) is 19.8. The first-order valence-electron chi connectivity index (χ1n) is 17.2. The Morgan fingerprint density at radius 3 is 1.46 bits per heavy atom. The van der Waals surface area contributed by atoms with Gasteiger partial charge in [-0.3, -0.25) is 4.79 Å². The molecule has 41 heavy (non-hydrogen) atoms. The van der Waals surface area contributed by atoms with Crippen LogP contribution in [0.15, 0.2) is 48.5 Å². The minimum atomic E-state index is -0.225. The van der Waals surface area contributed by atoms with E-state index in [4.69, 9.17) is 9.47 Å². The summed E-state index contributed by atoms with van der Waals surface area (Å²) >= 11 is 0. The maximum absolute atomic E-state index is 12.3. The average Bonchev–Trinajstić information content (AvgIpc) is 2.99. The first kappa shape index (κ1) is 34.9. The van der Waals surface area contributed by atoms with Gasteiger partial charge in [-0.25, -0.2) is 0 Å². The van der Waals surface area contributed by atoms with Crippen molar-refractivity contribution in [3.8, 4) is 16.9 Å². The minimum absolute atomic E-state index is 0.0867. The summed E-state index contributed by atoms with van der Waals surface area (Å²) < 4.78 is 11.7. The molecule has 0 spiro atoms. The van der Waals surface area contributed by atoms with Gasteiger partial charge < -0.3 is 9.47 Å². The molecule has 0 N–H and O–H groups in total. The van der Waals surface area contributed by atoms with Crippen LogP contribution in [0.5, 0.6) is 5.75 Å². The number of esters is 1. The van der Waals surface area contributed by atoms with Crippen LogP contribution in [-0.4, -0.2) is 12.6 Å². The van der Waals surface area contributed by atoms with E-state index in [1.54, 1.807) is 0 Å². The van der Waals surface area contributed by atoms with Crippen LogP contribution in [0.1, 0.15) is 161 Å². The van der Waals surface area contributed by atoms with E-state index in [1.807, 2.05) is 6.92 Å². The van der Waals surface area contributed by atoms with Gasteiger partial charge in [0.05, 0.1) is 6.61 Å². The molecule has 0 aromatic heterocycles. The van der Waals surface area contributed by atoms with Crippen molar-refractivity contribution in [2.75, 3.05) is 6.61 Å². The van der Waals surface area contributed by atoms with Crippen LogP contribution in [0.4, 0.5) is 0 Å². The smallest absolute Gasteiger partial charge is 0.306 e. The maximum Gasteiger partial charge on any atom is 0.306 e. The molecule has 0 amide bonds. The van der Waals surface area contributed by atoms with Gasteiger partial charge in [0.15, 0.2) is 0 Å². The molecule has 0 aliphatic carbocycles. The SMILES string of the molecule is CCCCCCCCCCCCCOc1ccc(-c2ccc(C(C)OC(=O)CCCCCCCCCC)cc2)cc1. The summed E-state index contributed by atoms with van der Waals surface area (Å²) in [5, 5.41) is 0. The summed E-state index contributed by atoms with van der Waals surface area (Å²) in [6.45, 7) is 7.28. The summed E-state index contributed by atoms with van der Waals surface area (Å²) in [5.41, 5.74) is 3.35. The molecule has 0 aliphatic rings. The van der Waals surface area contributed by atoms with Crippen molar-refractivity contribution in [2.24, 2.45) is 0 Å². The normalized spacial score (nSPS) is 11.9. The number of carbonyl (C=O) groups is 1. The van der Waals surface area contributed by atoms with E-state index in [9.17, 15) is 4.79 Å². The first-order chi connectivity index (χ1) is 20.1. The summed E-state index contributed by atoms with van der Waals surface area (Å²) in [6.07, 6.45) is 25.0. The number of unbranched alkanes of at least 4 members (excludes halogenated alkanes) is 17. The second-order valence-corrected chi connectivity index (χ2v) is 11.9. The number of carbonyl (C=O) groups excluding carboxylic acids is 1. The van der Waals surface area contributed by atoms with Gasteiger partial charge in [0, 0.05) is 6.42 Å². The van der Waals surface area contributed by atoms with Gasteiger partial charge in [0.2, 0.25) is 0 Å². The lowest BCUT2D eigenvalue weighted by atomic mass is 10.0. The lowest BCUT2D eigenvalue weighted by Crippen LogP contribution is -2.08. The molecule has 1 atom stereocenters. The Morgan fingerprint density at radius 2 is 0.976 bits per heavy atom. The zero-order chi connectivity index (χ0) is 29.4. The molecule has 0 radical (unpaired) electrons. The number of hydrogen-bond donors (Lipinski definition) is 0. The predicted molar refractivity (Wildman–Crippen MR) is 176 cm³/mol. The summed E-state index contributed by atoms with van der Waals surface area (Å²) in [7, 11) is 0. The minimum Gasteiger partial charge on any atom is -0.494 e. The van der Waals surface area contributed by atoms with Crippen LogP contribution in [0.2, 0.25) is 0 Å². The van der Waals surface area contributed by atoms with E-state index < -0.39 is 0 Å². The number of hydrogen-bond acceptors (Lipinski definition) is 3. The van der Waals surface area contributed by atoms with Crippen molar-refractivity contribution in [1.29, 1.82) is 0 Å². The third-order valence-corrected chi connectivity index (χ3v) is 8.13. The lowest BCUT2D eigenvalue weighted by molar-refractivity contribution is -0.148.